The SMILES string of the molecule is O=C(/C=C/c1cccc([N+](=O)[O-])c1)NNC(=O)c1cccc(Cl)c1. The molecular weight excluding hydrogens is 334 g/mol. The first-order chi connectivity index (χ1) is 11.5. The molecule has 0 aliphatic rings. The van der Waals surface area contributed by atoms with Crippen LogP contribution >= 0.6 is 11.6 Å². The fourth-order valence-electron chi connectivity index (χ4n) is 1.78. The molecule has 2 aromatic carbocycles. The first-order valence-electron chi connectivity index (χ1n) is 6.74. The number of hydrogen-bond donors (Lipinski definition) is 2. The molecule has 0 aliphatic heterocycles. The maximum Gasteiger partial charge on any atom is 0.270 e. The van der Waals surface area contributed by atoms with Crippen molar-refractivity contribution in [3.8, 4) is 0 Å². The van der Waals surface area contributed by atoms with Gasteiger partial charge in [-0.3, -0.25) is 30.6 Å². The maximum absolute atomic E-state index is 11.8. The molecule has 8 heteroatoms. The number of carbonyl (C=O) groups is 2. The number of hydrogen-bond acceptors (Lipinski definition) is 4. The van der Waals surface area contributed by atoms with E-state index in [2.05, 4.69) is 10.9 Å². The summed E-state index contributed by atoms with van der Waals surface area (Å²) in [5.74, 6) is -1.11. The average Bonchev–Trinajstić information content (AvgIpc) is 2.58. The number of nitro benzene ring substituents is 1. The minimum Gasteiger partial charge on any atom is -0.268 e. The summed E-state index contributed by atoms with van der Waals surface area (Å²) in [6.07, 6.45) is 2.55. The van der Waals surface area contributed by atoms with Crippen molar-refractivity contribution in [2.75, 3.05) is 0 Å². The molecule has 24 heavy (non-hydrogen) atoms. The Kier molecular flexibility index (Phi) is 5.64. The van der Waals surface area contributed by atoms with Gasteiger partial charge in [0.05, 0.1) is 4.92 Å². The fraction of sp³-hybridized carbons (Fsp3) is 0. The van der Waals surface area contributed by atoms with E-state index >= 15 is 0 Å². The number of nitrogens with zero attached hydrogens (tertiary/aromatic N) is 1. The molecule has 2 amide bonds. The summed E-state index contributed by atoms with van der Waals surface area (Å²) in [5.41, 5.74) is 5.15. The lowest BCUT2D eigenvalue weighted by molar-refractivity contribution is -0.384. The third-order valence-corrected chi connectivity index (χ3v) is 3.13. The summed E-state index contributed by atoms with van der Waals surface area (Å²) in [7, 11) is 0. The second kappa shape index (κ2) is 7.89. The molecule has 2 rings (SSSR count). The number of amides is 2. The van der Waals surface area contributed by atoms with Crippen LogP contribution in [0.25, 0.3) is 6.08 Å². The standard InChI is InChI=1S/C16H12ClN3O4/c17-13-5-2-4-12(10-13)16(22)19-18-15(21)8-7-11-3-1-6-14(9-11)20(23)24/h1-10H,(H,18,21)(H,19,22)/b8-7+. The number of carbonyl (C=O) groups excluding carboxylic acids is 2. The quantitative estimate of drug-likeness (QED) is 0.505. The van der Waals surface area contributed by atoms with E-state index in [-0.39, 0.29) is 5.69 Å². The molecule has 122 valence electrons. The van der Waals surface area contributed by atoms with Gasteiger partial charge in [-0.2, -0.15) is 0 Å². The second-order valence-corrected chi connectivity index (χ2v) is 5.08. The minimum absolute atomic E-state index is 0.0770. The molecule has 7 nitrogen and oxygen atoms in total. The van der Waals surface area contributed by atoms with Crippen molar-refractivity contribution < 1.29 is 14.5 Å². The molecule has 0 radical (unpaired) electrons. The summed E-state index contributed by atoms with van der Waals surface area (Å²) in [4.78, 5) is 33.6. The number of halogens is 1. The molecule has 0 aromatic heterocycles. The van der Waals surface area contributed by atoms with Crippen LogP contribution in [0.4, 0.5) is 5.69 Å². The second-order valence-electron chi connectivity index (χ2n) is 4.64. The Hall–Kier alpha value is -3.19. The third kappa shape index (κ3) is 4.92. The van der Waals surface area contributed by atoms with Gasteiger partial charge >= 0.3 is 0 Å². The zero-order valence-corrected chi connectivity index (χ0v) is 13.0. The van der Waals surface area contributed by atoms with Crippen molar-refractivity contribution in [2.45, 2.75) is 0 Å². The molecule has 0 atom stereocenters. The number of nitro groups is 1. The van der Waals surface area contributed by atoms with Gasteiger partial charge in [0.25, 0.3) is 17.5 Å². The molecule has 0 bridgehead atoms. The summed E-state index contributed by atoms with van der Waals surface area (Å²) < 4.78 is 0. The van der Waals surface area contributed by atoms with E-state index in [0.717, 1.165) is 6.08 Å². The third-order valence-electron chi connectivity index (χ3n) is 2.89. The van der Waals surface area contributed by atoms with Gasteiger partial charge in [0.2, 0.25) is 0 Å². The van der Waals surface area contributed by atoms with Gasteiger partial charge in [0.1, 0.15) is 0 Å². The van der Waals surface area contributed by atoms with Gasteiger partial charge in [-0.15, -0.1) is 0 Å². The lowest BCUT2D eigenvalue weighted by Crippen LogP contribution is -2.40. The molecule has 0 unspecified atom stereocenters. The summed E-state index contributed by atoms with van der Waals surface area (Å²) >= 11 is 5.78. The van der Waals surface area contributed by atoms with E-state index in [1.54, 1.807) is 24.3 Å². The van der Waals surface area contributed by atoms with Crippen LogP contribution in [0.2, 0.25) is 5.02 Å². The summed E-state index contributed by atoms with van der Waals surface area (Å²) in [6, 6.07) is 12.0. The topological polar surface area (TPSA) is 101 Å². The van der Waals surface area contributed by atoms with Crippen LogP contribution in [-0.4, -0.2) is 16.7 Å². The maximum atomic E-state index is 11.8. The van der Waals surface area contributed by atoms with Crippen molar-refractivity contribution in [2.24, 2.45) is 0 Å². The number of benzene rings is 2. The van der Waals surface area contributed by atoms with Crippen LogP contribution < -0.4 is 10.9 Å². The zero-order valence-electron chi connectivity index (χ0n) is 12.2. The van der Waals surface area contributed by atoms with Crippen LogP contribution in [0.15, 0.2) is 54.6 Å². The van der Waals surface area contributed by atoms with E-state index < -0.39 is 16.7 Å². The molecule has 0 aliphatic carbocycles. The highest BCUT2D eigenvalue weighted by atomic mass is 35.5. The molecule has 2 aromatic rings. The Labute approximate surface area is 142 Å². The van der Waals surface area contributed by atoms with Crippen LogP contribution in [0.3, 0.4) is 0 Å². The highest BCUT2D eigenvalue weighted by molar-refractivity contribution is 6.30. The Morgan fingerprint density at radius 1 is 1.08 bits per heavy atom. The first-order valence-corrected chi connectivity index (χ1v) is 7.12. The van der Waals surface area contributed by atoms with Gasteiger partial charge in [-0.25, -0.2) is 0 Å². The van der Waals surface area contributed by atoms with Crippen molar-refractivity contribution in [3.63, 3.8) is 0 Å². The van der Waals surface area contributed by atoms with Crippen LogP contribution in [0.5, 0.6) is 0 Å². The van der Waals surface area contributed by atoms with E-state index in [0.29, 0.717) is 16.1 Å². The van der Waals surface area contributed by atoms with E-state index in [9.17, 15) is 19.7 Å². The lowest BCUT2D eigenvalue weighted by atomic mass is 10.2. The molecule has 0 saturated carbocycles. The number of nitrogens with one attached hydrogen (secondary N) is 2. The van der Waals surface area contributed by atoms with Gasteiger partial charge < -0.3 is 0 Å². The highest BCUT2D eigenvalue weighted by Crippen LogP contribution is 2.14. The average molecular weight is 346 g/mol. The lowest BCUT2D eigenvalue weighted by Gasteiger charge is -2.05. The van der Waals surface area contributed by atoms with E-state index in [4.69, 9.17) is 11.6 Å². The monoisotopic (exact) mass is 345 g/mol. The number of non-ortho nitro benzene ring substituents is 1. The number of rotatable bonds is 4. The molecular formula is C16H12ClN3O4. The first kappa shape index (κ1) is 17.2. The summed E-state index contributed by atoms with van der Waals surface area (Å²) in [5, 5.41) is 11.1. The molecule has 0 fully saturated rings. The van der Waals surface area contributed by atoms with Crippen molar-refractivity contribution in [3.05, 3.63) is 80.9 Å². The largest absolute Gasteiger partial charge is 0.270 e. The molecule has 2 N–H and O–H groups in total. The van der Waals surface area contributed by atoms with Crippen molar-refractivity contribution >= 4 is 35.2 Å². The highest BCUT2D eigenvalue weighted by Gasteiger charge is 2.07. The van der Waals surface area contributed by atoms with Crippen molar-refractivity contribution in [1.82, 2.24) is 10.9 Å². The minimum atomic E-state index is -0.586. The molecule has 0 heterocycles. The number of hydrazine groups is 1. The van der Waals surface area contributed by atoms with Gasteiger partial charge in [-0.1, -0.05) is 29.8 Å². The van der Waals surface area contributed by atoms with Crippen molar-refractivity contribution in [1.29, 1.82) is 0 Å². The van der Waals surface area contributed by atoms with E-state index in [1.165, 1.54) is 30.3 Å². The predicted molar refractivity (Wildman–Crippen MR) is 89.2 cm³/mol. The zero-order chi connectivity index (χ0) is 17.5. The van der Waals surface area contributed by atoms with Gasteiger partial charge in [0, 0.05) is 28.8 Å². The fourth-order valence-corrected chi connectivity index (χ4v) is 1.97. The Bertz CT molecular complexity index is 820. The smallest absolute Gasteiger partial charge is 0.268 e. The van der Waals surface area contributed by atoms with Crippen LogP contribution in [0.1, 0.15) is 15.9 Å². The summed E-state index contributed by atoms with van der Waals surface area (Å²) in [6.45, 7) is 0. The van der Waals surface area contributed by atoms with Gasteiger partial charge in [-0.05, 0) is 29.8 Å². The molecule has 0 saturated heterocycles. The predicted octanol–water partition coefficient (Wildman–Crippen LogP) is 2.72. The Balaban J connectivity index is 1.92. The normalized spacial score (nSPS) is 10.4. The Morgan fingerprint density at radius 2 is 1.83 bits per heavy atom. The van der Waals surface area contributed by atoms with Crippen LogP contribution in [0, 0.1) is 10.1 Å². The molecule has 0 spiro atoms. The Morgan fingerprint density at radius 3 is 2.54 bits per heavy atom. The van der Waals surface area contributed by atoms with E-state index in [1.807, 2.05) is 0 Å². The van der Waals surface area contributed by atoms with Crippen LogP contribution in [-0.2, 0) is 4.79 Å². The van der Waals surface area contributed by atoms with Gasteiger partial charge in [0.15, 0.2) is 0 Å².